The molecule has 0 unspecified atom stereocenters. The second-order valence-corrected chi connectivity index (χ2v) is 7.18. The predicted molar refractivity (Wildman–Crippen MR) is 125 cm³/mol. The summed E-state index contributed by atoms with van der Waals surface area (Å²) in [5.41, 5.74) is 7.08. The van der Waals surface area contributed by atoms with Gasteiger partial charge in [-0.1, -0.05) is 97.1 Å². The van der Waals surface area contributed by atoms with Crippen molar-refractivity contribution < 1.29 is 0 Å². The van der Waals surface area contributed by atoms with Crippen LogP contribution in [0.15, 0.2) is 121 Å². The first-order chi connectivity index (χ1) is 14.4. The van der Waals surface area contributed by atoms with Crippen LogP contribution in [0, 0.1) is 0 Å². The maximum Gasteiger partial charge on any atom is 0.0390 e. The van der Waals surface area contributed by atoms with Gasteiger partial charge in [0.25, 0.3) is 0 Å². The topological polar surface area (TPSA) is 12.0 Å². The molecule has 0 bridgehead atoms. The Balaban J connectivity index is 1.57. The molecule has 5 aromatic rings. The van der Waals surface area contributed by atoms with Crippen molar-refractivity contribution in [2.24, 2.45) is 0 Å². The smallest absolute Gasteiger partial charge is 0.0390 e. The summed E-state index contributed by atoms with van der Waals surface area (Å²) in [6.07, 6.45) is 0. The van der Waals surface area contributed by atoms with E-state index in [1.807, 2.05) is 0 Å². The zero-order chi connectivity index (χ0) is 19.5. The number of fused-ring (bicyclic) bond motifs is 1. The van der Waals surface area contributed by atoms with Crippen molar-refractivity contribution in [1.82, 2.24) is 0 Å². The van der Waals surface area contributed by atoms with E-state index in [1.165, 1.54) is 33.0 Å². The highest BCUT2D eigenvalue weighted by Gasteiger charge is 2.09. The van der Waals surface area contributed by atoms with Crippen molar-refractivity contribution in [2.75, 3.05) is 5.32 Å². The molecule has 0 spiro atoms. The van der Waals surface area contributed by atoms with Crippen molar-refractivity contribution >= 4 is 22.1 Å². The number of anilines is 2. The number of hydrogen-bond donors (Lipinski definition) is 1. The molecule has 0 saturated carbocycles. The first kappa shape index (κ1) is 17.3. The van der Waals surface area contributed by atoms with Crippen molar-refractivity contribution in [3.8, 4) is 22.3 Å². The third kappa shape index (κ3) is 3.63. The highest BCUT2D eigenvalue weighted by atomic mass is 14.9. The summed E-state index contributed by atoms with van der Waals surface area (Å²) in [5, 5.41) is 6.07. The van der Waals surface area contributed by atoms with Gasteiger partial charge in [0.2, 0.25) is 0 Å². The molecule has 29 heavy (non-hydrogen) atoms. The molecule has 0 heterocycles. The Bertz CT molecular complexity index is 1260. The molecule has 138 valence electrons. The van der Waals surface area contributed by atoms with E-state index in [-0.39, 0.29) is 0 Å². The van der Waals surface area contributed by atoms with E-state index in [1.54, 1.807) is 0 Å². The lowest BCUT2D eigenvalue weighted by Crippen LogP contribution is -1.93. The second kappa shape index (κ2) is 7.65. The molecular formula is C28H21N. The van der Waals surface area contributed by atoms with Crippen molar-refractivity contribution in [1.29, 1.82) is 0 Å². The SMILES string of the molecule is c1ccc(-c2ccc(Nc3ccc4ccccc4c3)cc2-c2ccccc2)cc1. The van der Waals surface area contributed by atoms with E-state index < -0.39 is 0 Å². The molecule has 0 atom stereocenters. The van der Waals surface area contributed by atoms with Gasteiger partial charge in [-0.2, -0.15) is 0 Å². The molecular weight excluding hydrogens is 350 g/mol. The Morgan fingerprint density at radius 3 is 1.66 bits per heavy atom. The Labute approximate surface area is 171 Å². The highest BCUT2D eigenvalue weighted by Crippen LogP contribution is 2.35. The molecule has 0 aliphatic heterocycles. The minimum atomic E-state index is 1.08. The molecule has 1 N–H and O–H groups in total. The fraction of sp³-hybridized carbons (Fsp3) is 0. The number of hydrogen-bond acceptors (Lipinski definition) is 1. The van der Waals surface area contributed by atoms with Gasteiger partial charge < -0.3 is 5.32 Å². The van der Waals surface area contributed by atoms with Crippen molar-refractivity contribution in [2.45, 2.75) is 0 Å². The van der Waals surface area contributed by atoms with Gasteiger partial charge in [0, 0.05) is 11.4 Å². The molecule has 0 radical (unpaired) electrons. The minimum absolute atomic E-state index is 1.08. The van der Waals surface area contributed by atoms with Gasteiger partial charge in [0.15, 0.2) is 0 Å². The summed E-state index contributed by atoms with van der Waals surface area (Å²) < 4.78 is 0. The zero-order valence-corrected chi connectivity index (χ0v) is 16.0. The maximum absolute atomic E-state index is 3.58. The first-order valence-corrected chi connectivity index (χ1v) is 9.87. The Morgan fingerprint density at radius 2 is 0.931 bits per heavy atom. The number of benzene rings is 5. The molecule has 1 nitrogen and oxygen atoms in total. The van der Waals surface area contributed by atoms with E-state index in [2.05, 4.69) is 127 Å². The maximum atomic E-state index is 3.58. The van der Waals surface area contributed by atoms with Gasteiger partial charge in [0.05, 0.1) is 0 Å². The summed E-state index contributed by atoms with van der Waals surface area (Å²) >= 11 is 0. The van der Waals surface area contributed by atoms with Crippen LogP contribution in [0.25, 0.3) is 33.0 Å². The molecule has 1 heteroatoms. The Kier molecular flexibility index (Phi) is 4.56. The minimum Gasteiger partial charge on any atom is -0.355 e. The van der Waals surface area contributed by atoms with Crippen LogP contribution < -0.4 is 5.32 Å². The predicted octanol–water partition coefficient (Wildman–Crippen LogP) is 7.92. The highest BCUT2D eigenvalue weighted by molar-refractivity contribution is 5.89. The van der Waals surface area contributed by atoms with Gasteiger partial charge in [0.1, 0.15) is 0 Å². The van der Waals surface area contributed by atoms with E-state index in [9.17, 15) is 0 Å². The molecule has 5 aromatic carbocycles. The summed E-state index contributed by atoms with van der Waals surface area (Å²) in [7, 11) is 0. The molecule has 5 rings (SSSR count). The van der Waals surface area contributed by atoms with Crippen LogP contribution in [0.2, 0.25) is 0 Å². The van der Waals surface area contributed by atoms with Crippen LogP contribution in [-0.4, -0.2) is 0 Å². The molecule has 0 saturated heterocycles. The summed E-state index contributed by atoms with van der Waals surface area (Å²) in [6.45, 7) is 0. The van der Waals surface area contributed by atoms with E-state index >= 15 is 0 Å². The summed E-state index contributed by atoms with van der Waals surface area (Å²) in [6, 6.07) is 42.7. The lowest BCUT2D eigenvalue weighted by molar-refractivity contribution is 1.54. The fourth-order valence-corrected chi connectivity index (χ4v) is 3.78. The quantitative estimate of drug-likeness (QED) is 0.338. The molecule has 0 fully saturated rings. The zero-order valence-electron chi connectivity index (χ0n) is 16.0. The monoisotopic (exact) mass is 371 g/mol. The average molecular weight is 371 g/mol. The summed E-state index contributed by atoms with van der Waals surface area (Å²) in [5.74, 6) is 0. The molecule has 0 aromatic heterocycles. The Morgan fingerprint density at radius 1 is 0.379 bits per heavy atom. The number of nitrogens with one attached hydrogen (secondary N) is 1. The van der Waals surface area contributed by atoms with Gasteiger partial charge in [-0.05, 0) is 57.3 Å². The molecule has 0 aliphatic rings. The fourth-order valence-electron chi connectivity index (χ4n) is 3.78. The lowest BCUT2D eigenvalue weighted by Gasteiger charge is -2.14. The Hall–Kier alpha value is -3.84. The largest absolute Gasteiger partial charge is 0.355 e. The van der Waals surface area contributed by atoms with E-state index in [0.717, 1.165) is 11.4 Å². The van der Waals surface area contributed by atoms with E-state index in [4.69, 9.17) is 0 Å². The van der Waals surface area contributed by atoms with Crippen molar-refractivity contribution in [3.63, 3.8) is 0 Å². The van der Waals surface area contributed by atoms with Gasteiger partial charge >= 0.3 is 0 Å². The summed E-state index contributed by atoms with van der Waals surface area (Å²) in [4.78, 5) is 0. The average Bonchev–Trinajstić information content (AvgIpc) is 2.80. The lowest BCUT2D eigenvalue weighted by atomic mass is 9.94. The van der Waals surface area contributed by atoms with Crippen molar-refractivity contribution in [3.05, 3.63) is 121 Å². The number of rotatable bonds is 4. The van der Waals surface area contributed by atoms with Crippen LogP contribution in [0.4, 0.5) is 11.4 Å². The molecule has 0 amide bonds. The van der Waals surface area contributed by atoms with Crippen LogP contribution in [0.1, 0.15) is 0 Å². The van der Waals surface area contributed by atoms with Gasteiger partial charge in [-0.15, -0.1) is 0 Å². The first-order valence-electron chi connectivity index (χ1n) is 9.87. The standard InChI is InChI=1S/C28H21N/c1-3-10-22(11-4-1)27-18-17-26(20-28(27)23-12-5-2-6-13-23)29-25-16-15-21-9-7-8-14-24(21)19-25/h1-20,29H. The normalized spacial score (nSPS) is 10.8. The van der Waals surface area contributed by atoms with Gasteiger partial charge in [-0.3, -0.25) is 0 Å². The third-order valence-corrected chi connectivity index (χ3v) is 5.23. The van der Waals surface area contributed by atoms with Crippen LogP contribution in [0.3, 0.4) is 0 Å². The van der Waals surface area contributed by atoms with Gasteiger partial charge in [-0.25, -0.2) is 0 Å². The van der Waals surface area contributed by atoms with Crippen LogP contribution >= 0.6 is 0 Å². The third-order valence-electron chi connectivity index (χ3n) is 5.23. The van der Waals surface area contributed by atoms with Crippen LogP contribution in [0.5, 0.6) is 0 Å². The van der Waals surface area contributed by atoms with Crippen LogP contribution in [-0.2, 0) is 0 Å². The second-order valence-electron chi connectivity index (χ2n) is 7.18. The van der Waals surface area contributed by atoms with E-state index in [0.29, 0.717) is 0 Å². The molecule has 0 aliphatic carbocycles.